The number of imidazole rings is 1. The molecule has 0 bridgehead atoms. The molecule has 0 radical (unpaired) electrons. The van der Waals surface area contributed by atoms with Crippen molar-refractivity contribution in [2.24, 2.45) is 36.4 Å². The number of nitroso groups, excluding NO2 is 4. The molecule has 1 aliphatic rings. The second-order valence-electron chi connectivity index (χ2n) is 5.44. The van der Waals surface area contributed by atoms with Gasteiger partial charge in [0.2, 0.25) is 5.82 Å². The van der Waals surface area contributed by atoms with Gasteiger partial charge >= 0.3 is 7.67 Å². The monoisotopic (exact) mass is 427 g/mol. The average molecular weight is 427 g/mol. The fraction of sp³-hybridized carbons (Fsp3) is 0.500. The first-order valence-corrected chi connectivity index (χ1v) is 9.08. The molecule has 2 N–H and O–H groups in total. The highest BCUT2D eigenvalue weighted by Gasteiger charge is 2.49. The lowest BCUT2D eigenvalue weighted by Crippen LogP contribution is -2.30. The molecule has 4 atom stereocenters. The topological polar surface area (TPSA) is 248 Å². The number of hydrogen-bond acceptors (Lipinski definition) is 14. The Morgan fingerprint density at radius 2 is 1.86 bits per heavy atom. The van der Waals surface area contributed by atoms with Crippen LogP contribution in [-0.4, -0.2) is 44.3 Å². The van der Waals surface area contributed by atoms with Crippen LogP contribution in [0.15, 0.2) is 43.2 Å². The van der Waals surface area contributed by atoms with Crippen LogP contribution in [0.25, 0.3) is 11.2 Å². The minimum atomic E-state index is -4.70. The number of ether oxygens (including phenoxy) is 1. The molecule has 0 aromatic carbocycles. The second-order valence-corrected chi connectivity index (χ2v) is 7.01. The maximum Gasteiger partial charge on any atom is 0.504 e. The Morgan fingerprint density at radius 1 is 1.14 bits per heavy atom. The summed E-state index contributed by atoms with van der Waals surface area (Å²) < 4.78 is 22.9. The van der Waals surface area contributed by atoms with Gasteiger partial charge in [0.05, 0.1) is 12.9 Å². The number of nitrogens with two attached hydrogens (primary N) is 1. The molecule has 2 aromatic heterocycles. The summed E-state index contributed by atoms with van der Waals surface area (Å²) in [4.78, 5) is 59.4. The van der Waals surface area contributed by atoms with Gasteiger partial charge in [0.15, 0.2) is 29.5 Å². The molecule has 0 spiro atoms. The Hall–Kier alpha value is -3.50. The summed E-state index contributed by atoms with van der Waals surface area (Å²) in [5.74, 6) is 5.04. The van der Waals surface area contributed by atoms with Crippen molar-refractivity contribution in [3.63, 3.8) is 0 Å². The van der Waals surface area contributed by atoms with Gasteiger partial charge in [0.1, 0.15) is 12.4 Å². The SMILES string of the molecule is NN=Nc1ncnc2c1ncn2C1O[C@H](COP(=O)(N=O)N=O)[C@H](N=O)C1N=O. The fourth-order valence-electron chi connectivity index (χ4n) is 2.73. The average Bonchev–Trinajstić information content (AvgIpc) is 3.33. The molecule has 0 aliphatic carbocycles. The van der Waals surface area contributed by atoms with Crippen LogP contribution < -0.4 is 5.84 Å². The molecule has 18 nitrogen and oxygen atoms in total. The fourth-order valence-corrected chi connectivity index (χ4v) is 3.19. The zero-order valence-electron chi connectivity index (χ0n) is 14.0. The van der Waals surface area contributed by atoms with E-state index in [1.807, 2.05) is 9.89 Å². The zero-order valence-corrected chi connectivity index (χ0v) is 14.9. The maximum absolute atomic E-state index is 11.5. The molecule has 19 heteroatoms. The standard InChI is InChI=1S/C10H10N11O7P/c11-18-15-8-7-9(13-2-12-8)21(3-14-7)10-6(17-23)5(16-22)4(28-10)1-27-29(26,19-24)20-25/h2-6,10H,1H2,(H2,11,12,13,15)/t4-,5+,6?,10?/m1/s1. The smallest absolute Gasteiger partial charge is 0.347 e. The molecule has 3 heterocycles. The highest BCUT2D eigenvalue weighted by Crippen LogP contribution is 2.50. The van der Waals surface area contributed by atoms with Gasteiger partial charge in [-0.25, -0.2) is 19.5 Å². The molecular weight excluding hydrogens is 417 g/mol. The van der Waals surface area contributed by atoms with Crippen molar-refractivity contribution in [3.05, 3.63) is 32.3 Å². The summed E-state index contributed by atoms with van der Waals surface area (Å²) in [5, 5.41) is 12.3. The Labute approximate surface area is 158 Å². The second kappa shape index (κ2) is 8.25. The van der Waals surface area contributed by atoms with Crippen molar-refractivity contribution in [3.8, 4) is 0 Å². The van der Waals surface area contributed by atoms with Gasteiger partial charge in [-0.15, -0.1) is 14.9 Å². The van der Waals surface area contributed by atoms with Crippen LogP contribution in [-0.2, 0) is 13.8 Å². The van der Waals surface area contributed by atoms with E-state index in [1.54, 1.807) is 0 Å². The first kappa shape index (κ1) is 20.2. The molecule has 0 saturated carbocycles. The molecule has 152 valence electrons. The van der Waals surface area contributed by atoms with Gasteiger partial charge in [-0.05, 0) is 0 Å². The summed E-state index contributed by atoms with van der Waals surface area (Å²) in [7, 11) is -4.70. The van der Waals surface area contributed by atoms with Crippen molar-refractivity contribution in [1.82, 2.24) is 19.5 Å². The maximum atomic E-state index is 11.5. The summed E-state index contributed by atoms with van der Waals surface area (Å²) >= 11 is 0. The molecule has 1 fully saturated rings. The van der Waals surface area contributed by atoms with E-state index < -0.39 is 38.7 Å². The Balaban J connectivity index is 1.94. The van der Waals surface area contributed by atoms with Gasteiger partial charge in [-0.2, -0.15) is 9.81 Å². The lowest BCUT2D eigenvalue weighted by molar-refractivity contribution is -0.0209. The lowest BCUT2D eigenvalue weighted by atomic mass is 10.1. The van der Waals surface area contributed by atoms with Crippen LogP contribution in [0.5, 0.6) is 0 Å². The third-order valence-corrected chi connectivity index (χ3v) is 4.86. The van der Waals surface area contributed by atoms with Gasteiger partial charge in [-0.1, -0.05) is 15.6 Å². The van der Waals surface area contributed by atoms with Crippen molar-refractivity contribution >= 4 is 24.7 Å². The molecule has 2 unspecified atom stereocenters. The van der Waals surface area contributed by atoms with Gasteiger partial charge in [0, 0.05) is 9.89 Å². The summed E-state index contributed by atoms with van der Waals surface area (Å²) in [6, 6.07) is -2.78. The van der Waals surface area contributed by atoms with E-state index in [2.05, 4.69) is 40.2 Å². The van der Waals surface area contributed by atoms with Crippen LogP contribution in [0.4, 0.5) is 5.82 Å². The minimum absolute atomic E-state index is 0.0323. The highest BCUT2D eigenvalue weighted by atomic mass is 31.2. The van der Waals surface area contributed by atoms with E-state index in [4.69, 9.17) is 10.6 Å². The molecule has 3 rings (SSSR count). The van der Waals surface area contributed by atoms with E-state index in [0.29, 0.717) is 0 Å². The number of rotatable bonds is 9. The predicted octanol–water partition coefficient (Wildman–Crippen LogP) is 1.61. The quantitative estimate of drug-likeness (QED) is 0.198. The molecule has 2 aromatic rings. The minimum Gasteiger partial charge on any atom is -0.347 e. The van der Waals surface area contributed by atoms with Gasteiger partial charge in [0.25, 0.3) is 0 Å². The van der Waals surface area contributed by atoms with Gasteiger partial charge in [-0.3, -0.25) is 9.09 Å². The third kappa shape index (κ3) is 3.62. The first-order valence-electron chi connectivity index (χ1n) is 7.55. The van der Waals surface area contributed by atoms with E-state index in [0.717, 1.165) is 6.33 Å². The Kier molecular flexibility index (Phi) is 5.76. The molecule has 0 amide bonds. The van der Waals surface area contributed by atoms with E-state index in [9.17, 15) is 24.2 Å². The summed E-state index contributed by atoms with van der Waals surface area (Å²) in [6.45, 7) is -0.748. The number of fused-ring (bicyclic) bond motifs is 1. The van der Waals surface area contributed by atoms with Crippen LogP contribution in [0.1, 0.15) is 6.23 Å². The van der Waals surface area contributed by atoms with E-state index in [1.165, 1.54) is 10.9 Å². The van der Waals surface area contributed by atoms with Crippen LogP contribution in [0.2, 0.25) is 0 Å². The van der Waals surface area contributed by atoms with Crippen LogP contribution in [0, 0.1) is 19.6 Å². The summed E-state index contributed by atoms with van der Waals surface area (Å²) in [5.41, 5.74) is 0.298. The molecular formula is C10H10N11O7P. The highest BCUT2D eigenvalue weighted by molar-refractivity contribution is 7.55. The van der Waals surface area contributed by atoms with Crippen molar-refractivity contribution < 1.29 is 13.8 Å². The van der Waals surface area contributed by atoms with Crippen molar-refractivity contribution in [2.75, 3.05) is 6.61 Å². The predicted molar refractivity (Wildman–Crippen MR) is 92.3 cm³/mol. The first-order chi connectivity index (χ1) is 14.0. The molecule has 1 aliphatic heterocycles. The van der Waals surface area contributed by atoms with Crippen LogP contribution in [0.3, 0.4) is 0 Å². The number of hydrogen-bond donors (Lipinski definition) is 1. The Bertz CT molecular complexity index is 1010. The van der Waals surface area contributed by atoms with E-state index in [-0.39, 0.29) is 17.0 Å². The molecule has 29 heavy (non-hydrogen) atoms. The number of nitrogens with zero attached hydrogens (tertiary/aromatic N) is 10. The number of aromatic nitrogens is 4. The normalized spacial score (nSPS) is 24.7. The summed E-state index contributed by atoms with van der Waals surface area (Å²) in [6.07, 6.45) is -0.201. The lowest BCUT2D eigenvalue weighted by Gasteiger charge is -2.15. The van der Waals surface area contributed by atoms with Crippen molar-refractivity contribution in [1.29, 1.82) is 0 Å². The van der Waals surface area contributed by atoms with E-state index >= 15 is 0 Å². The van der Waals surface area contributed by atoms with Gasteiger partial charge < -0.3 is 10.6 Å². The van der Waals surface area contributed by atoms with Crippen LogP contribution >= 0.6 is 7.67 Å². The largest absolute Gasteiger partial charge is 0.504 e. The molecule has 1 saturated heterocycles. The van der Waals surface area contributed by atoms with Crippen molar-refractivity contribution in [2.45, 2.75) is 24.4 Å². The zero-order chi connectivity index (χ0) is 21.0. The third-order valence-electron chi connectivity index (χ3n) is 3.96. The Morgan fingerprint density at radius 3 is 2.48 bits per heavy atom.